The molecule has 0 spiro atoms. The molecule has 0 aromatic carbocycles. The fourth-order valence-electron chi connectivity index (χ4n) is 1.45. The van der Waals surface area contributed by atoms with Gasteiger partial charge >= 0.3 is 0 Å². The van der Waals surface area contributed by atoms with E-state index in [2.05, 4.69) is 16.0 Å². The molecule has 0 N–H and O–H groups in total. The third-order valence-electron chi connectivity index (χ3n) is 2.38. The van der Waals surface area contributed by atoms with Gasteiger partial charge < -0.3 is 9.32 Å². The molecule has 0 aliphatic rings. The van der Waals surface area contributed by atoms with E-state index in [4.69, 9.17) is 9.68 Å². The molecule has 5 nitrogen and oxygen atoms in total. The summed E-state index contributed by atoms with van der Waals surface area (Å²) in [7, 11) is 1.89. The number of anilines is 1. The maximum Gasteiger partial charge on any atom is 0.152 e. The van der Waals surface area contributed by atoms with Crippen LogP contribution in [0.15, 0.2) is 35.2 Å². The Morgan fingerprint density at radius 1 is 1.47 bits per heavy atom. The molecular formula is C12H12N4O. The monoisotopic (exact) mass is 228 g/mol. The second kappa shape index (κ2) is 5.12. The third kappa shape index (κ3) is 2.61. The summed E-state index contributed by atoms with van der Waals surface area (Å²) in [6.45, 7) is 0.644. The van der Waals surface area contributed by atoms with E-state index in [1.165, 1.54) is 6.33 Å². The molecule has 0 saturated carbocycles. The number of aromatic nitrogens is 2. The Kier molecular flexibility index (Phi) is 3.36. The molecule has 2 aromatic heterocycles. The topological polar surface area (TPSA) is 66.0 Å². The van der Waals surface area contributed by atoms with Crippen molar-refractivity contribution < 1.29 is 4.42 Å². The second-order valence-corrected chi connectivity index (χ2v) is 3.57. The normalized spacial score (nSPS) is 9.88. The molecule has 0 amide bonds. The van der Waals surface area contributed by atoms with Crippen molar-refractivity contribution in [2.24, 2.45) is 0 Å². The van der Waals surface area contributed by atoms with Gasteiger partial charge in [-0.15, -0.1) is 0 Å². The Morgan fingerprint density at radius 3 is 3.06 bits per heavy atom. The van der Waals surface area contributed by atoms with Crippen LogP contribution < -0.4 is 4.90 Å². The van der Waals surface area contributed by atoms with Gasteiger partial charge in [0.25, 0.3) is 0 Å². The van der Waals surface area contributed by atoms with Gasteiger partial charge in [0.1, 0.15) is 17.8 Å². The number of rotatable bonds is 4. The SMILES string of the molecule is CN(CCC#N)c1cc(-c2ccco2)ncn1. The predicted octanol–water partition coefficient (Wildman–Crippen LogP) is 2.09. The Morgan fingerprint density at radius 2 is 2.35 bits per heavy atom. The summed E-state index contributed by atoms with van der Waals surface area (Å²) < 4.78 is 5.27. The highest BCUT2D eigenvalue weighted by Gasteiger charge is 2.07. The minimum Gasteiger partial charge on any atom is -0.463 e. The van der Waals surface area contributed by atoms with Crippen molar-refractivity contribution in [2.75, 3.05) is 18.5 Å². The van der Waals surface area contributed by atoms with Crippen molar-refractivity contribution in [2.45, 2.75) is 6.42 Å². The Balaban J connectivity index is 2.20. The number of furan rings is 1. The number of nitriles is 1. The van der Waals surface area contributed by atoms with E-state index >= 15 is 0 Å². The van der Waals surface area contributed by atoms with Crippen LogP contribution in [0, 0.1) is 11.3 Å². The van der Waals surface area contributed by atoms with Crippen molar-refractivity contribution >= 4 is 5.82 Å². The third-order valence-corrected chi connectivity index (χ3v) is 2.38. The first-order valence-corrected chi connectivity index (χ1v) is 5.25. The highest BCUT2D eigenvalue weighted by molar-refractivity contribution is 5.56. The van der Waals surface area contributed by atoms with Crippen molar-refractivity contribution in [1.29, 1.82) is 5.26 Å². The number of nitrogens with zero attached hydrogens (tertiary/aromatic N) is 4. The van der Waals surface area contributed by atoms with Gasteiger partial charge in [0, 0.05) is 19.7 Å². The second-order valence-electron chi connectivity index (χ2n) is 3.57. The summed E-state index contributed by atoms with van der Waals surface area (Å²) >= 11 is 0. The van der Waals surface area contributed by atoms with Crippen LogP contribution in [0.3, 0.4) is 0 Å². The summed E-state index contributed by atoms with van der Waals surface area (Å²) in [6, 6.07) is 7.61. The van der Waals surface area contributed by atoms with E-state index in [1.807, 2.05) is 30.1 Å². The van der Waals surface area contributed by atoms with Crippen LogP contribution >= 0.6 is 0 Å². The van der Waals surface area contributed by atoms with E-state index in [1.54, 1.807) is 6.26 Å². The first kappa shape index (κ1) is 11.1. The van der Waals surface area contributed by atoms with Crippen LogP contribution in [-0.4, -0.2) is 23.6 Å². The van der Waals surface area contributed by atoms with Gasteiger partial charge in [-0.3, -0.25) is 0 Å². The molecule has 0 saturated heterocycles. The van der Waals surface area contributed by atoms with Crippen LogP contribution in [0.2, 0.25) is 0 Å². The zero-order valence-corrected chi connectivity index (χ0v) is 9.50. The van der Waals surface area contributed by atoms with Crippen molar-refractivity contribution in [3.63, 3.8) is 0 Å². The van der Waals surface area contributed by atoms with E-state index in [0.29, 0.717) is 18.7 Å². The van der Waals surface area contributed by atoms with Crippen molar-refractivity contribution in [3.8, 4) is 17.5 Å². The average molecular weight is 228 g/mol. The Labute approximate surface area is 99.3 Å². The van der Waals surface area contributed by atoms with Gasteiger partial charge in [-0.1, -0.05) is 0 Å². The molecule has 0 atom stereocenters. The molecule has 0 fully saturated rings. The minimum atomic E-state index is 0.469. The molecule has 0 aliphatic carbocycles. The Hall–Kier alpha value is -2.35. The Bertz CT molecular complexity index is 516. The molecule has 0 radical (unpaired) electrons. The van der Waals surface area contributed by atoms with Crippen LogP contribution in [0.25, 0.3) is 11.5 Å². The molecule has 5 heteroatoms. The van der Waals surface area contributed by atoms with E-state index in [-0.39, 0.29) is 0 Å². The fraction of sp³-hybridized carbons (Fsp3) is 0.250. The molecule has 2 rings (SSSR count). The van der Waals surface area contributed by atoms with Crippen LogP contribution in [-0.2, 0) is 0 Å². The maximum atomic E-state index is 8.54. The lowest BCUT2D eigenvalue weighted by Crippen LogP contribution is -2.19. The summed E-state index contributed by atoms with van der Waals surface area (Å²) in [5.41, 5.74) is 0.740. The molecule has 0 bridgehead atoms. The van der Waals surface area contributed by atoms with Gasteiger partial charge in [-0.05, 0) is 12.1 Å². The zero-order valence-electron chi connectivity index (χ0n) is 9.50. The van der Waals surface area contributed by atoms with Gasteiger partial charge in [0.2, 0.25) is 0 Å². The van der Waals surface area contributed by atoms with Gasteiger partial charge in [0.15, 0.2) is 5.76 Å². The molecule has 0 unspecified atom stereocenters. The summed E-state index contributed by atoms with van der Waals surface area (Å²) in [6.07, 6.45) is 3.57. The fourth-order valence-corrected chi connectivity index (χ4v) is 1.45. The molecular weight excluding hydrogens is 216 g/mol. The lowest BCUT2D eigenvalue weighted by Gasteiger charge is -2.16. The van der Waals surface area contributed by atoms with Crippen molar-refractivity contribution in [1.82, 2.24) is 9.97 Å². The molecule has 0 aliphatic heterocycles. The summed E-state index contributed by atoms with van der Waals surface area (Å²) in [5, 5.41) is 8.54. The van der Waals surface area contributed by atoms with Crippen LogP contribution in [0.5, 0.6) is 0 Å². The largest absolute Gasteiger partial charge is 0.463 e. The molecule has 2 heterocycles. The quantitative estimate of drug-likeness (QED) is 0.801. The summed E-state index contributed by atoms with van der Waals surface area (Å²) in [4.78, 5) is 10.2. The van der Waals surface area contributed by atoms with E-state index in [0.717, 1.165) is 11.5 Å². The standard InChI is InChI=1S/C12H12N4O/c1-16(6-3-5-13)12-8-10(14-9-15-12)11-4-2-7-17-11/h2,4,7-9H,3,6H2,1H3. The lowest BCUT2D eigenvalue weighted by atomic mass is 10.3. The van der Waals surface area contributed by atoms with Gasteiger partial charge in [0.05, 0.1) is 18.8 Å². The highest BCUT2D eigenvalue weighted by atomic mass is 16.3. The highest BCUT2D eigenvalue weighted by Crippen LogP contribution is 2.20. The first-order valence-electron chi connectivity index (χ1n) is 5.25. The molecule has 17 heavy (non-hydrogen) atoms. The van der Waals surface area contributed by atoms with Gasteiger partial charge in [-0.25, -0.2) is 9.97 Å². The van der Waals surface area contributed by atoms with Crippen LogP contribution in [0.1, 0.15) is 6.42 Å². The van der Waals surface area contributed by atoms with Gasteiger partial charge in [-0.2, -0.15) is 5.26 Å². The molecule has 2 aromatic rings. The van der Waals surface area contributed by atoms with Crippen molar-refractivity contribution in [3.05, 3.63) is 30.8 Å². The minimum absolute atomic E-state index is 0.469. The zero-order chi connectivity index (χ0) is 12.1. The van der Waals surface area contributed by atoms with E-state index in [9.17, 15) is 0 Å². The molecule has 86 valence electrons. The van der Waals surface area contributed by atoms with Crippen LogP contribution in [0.4, 0.5) is 5.82 Å². The predicted molar refractivity (Wildman–Crippen MR) is 63.2 cm³/mol. The summed E-state index contributed by atoms with van der Waals surface area (Å²) in [5.74, 6) is 1.49. The lowest BCUT2D eigenvalue weighted by molar-refractivity contribution is 0.580. The first-order chi connectivity index (χ1) is 8.31. The number of hydrogen-bond acceptors (Lipinski definition) is 5. The van der Waals surface area contributed by atoms with E-state index < -0.39 is 0 Å². The average Bonchev–Trinajstić information content (AvgIpc) is 2.90. The smallest absolute Gasteiger partial charge is 0.152 e. The number of hydrogen-bond donors (Lipinski definition) is 0. The maximum absolute atomic E-state index is 8.54.